The maximum Gasteiger partial charge on any atom is 0.146 e. The summed E-state index contributed by atoms with van der Waals surface area (Å²) in [6.07, 6.45) is 1.66. The van der Waals surface area contributed by atoms with Crippen LogP contribution in [0.2, 0.25) is 0 Å². The van der Waals surface area contributed by atoms with Crippen molar-refractivity contribution in [2.75, 3.05) is 27.3 Å². The van der Waals surface area contributed by atoms with Gasteiger partial charge in [-0.15, -0.1) is 0 Å². The zero-order valence-electron chi connectivity index (χ0n) is 10.9. The van der Waals surface area contributed by atoms with Crippen molar-refractivity contribution < 1.29 is 14.3 Å². The number of carbonyl (C=O) groups excluding carboxylic acids is 1. The first-order valence-corrected chi connectivity index (χ1v) is 6.18. The van der Waals surface area contributed by atoms with E-state index in [2.05, 4.69) is 4.90 Å². The topological polar surface area (TPSA) is 38.8 Å². The van der Waals surface area contributed by atoms with Crippen LogP contribution < -0.4 is 9.47 Å². The van der Waals surface area contributed by atoms with E-state index in [1.165, 1.54) is 0 Å². The van der Waals surface area contributed by atoms with Crippen LogP contribution in [-0.2, 0) is 11.3 Å². The molecule has 18 heavy (non-hydrogen) atoms. The standard InChI is InChI=1S/C14H19NO3/c1-17-13-5-6-14(18-2)11(8-13)9-15-7-3-4-12(16)10-15/h5-6,8H,3-4,7,9-10H2,1-2H3. The molecule has 0 unspecified atom stereocenters. The fraction of sp³-hybridized carbons (Fsp3) is 0.500. The maximum atomic E-state index is 11.4. The summed E-state index contributed by atoms with van der Waals surface area (Å²) < 4.78 is 10.6. The van der Waals surface area contributed by atoms with Gasteiger partial charge >= 0.3 is 0 Å². The summed E-state index contributed by atoms with van der Waals surface area (Å²) in [4.78, 5) is 13.6. The lowest BCUT2D eigenvalue weighted by atomic mass is 10.1. The van der Waals surface area contributed by atoms with Crippen LogP contribution in [0.5, 0.6) is 11.5 Å². The zero-order chi connectivity index (χ0) is 13.0. The zero-order valence-corrected chi connectivity index (χ0v) is 10.9. The Morgan fingerprint density at radius 1 is 1.28 bits per heavy atom. The normalized spacial score (nSPS) is 16.7. The molecule has 2 rings (SSSR count). The van der Waals surface area contributed by atoms with Crippen LogP contribution in [-0.4, -0.2) is 38.0 Å². The number of piperidine rings is 1. The summed E-state index contributed by atoms with van der Waals surface area (Å²) in [5.74, 6) is 1.98. The minimum atomic E-state index is 0.322. The van der Waals surface area contributed by atoms with Gasteiger partial charge in [-0.3, -0.25) is 9.69 Å². The highest BCUT2D eigenvalue weighted by Gasteiger charge is 2.18. The molecule has 1 aromatic carbocycles. The number of ketones is 1. The molecule has 0 aliphatic carbocycles. The summed E-state index contributed by atoms with van der Waals surface area (Å²) in [5.41, 5.74) is 1.06. The van der Waals surface area contributed by atoms with Gasteiger partial charge in [-0.05, 0) is 31.2 Å². The molecule has 4 heteroatoms. The molecule has 0 radical (unpaired) electrons. The summed E-state index contributed by atoms with van der Waals surface area (Å²) in [7, 11) is 3.31. The van der Waals surface area contributed by atoms with E-state index in [4.69, 9.17) is 9.47 Å². The minimum absolute atomic E-state index is 0.322. The van der Waals surface area contributed by atoms with Gasteiger partial charge in [-0.2, -0.15) is 0 Å². The van der Waals surface area contributed by atoms with Crippen molar-refractivity contribution in [1.82, 2.24) is 4.90 Å². The maximum absolute atomic E-state index is 11.4. The Bertz CT molecular complexity index is 431. The Morgan fingerprint density at radius 3 is 2.78 bits per heavy atom. The molecule has 1 heterocycles. The van der Waals surface area contributed by atoms with Gasteiger partial charge in [0.25, 0.3) is 0 Å². The molecule has 0 saturated carbocycles. The molecule has 0 bridgehead atoms. The van der Waals surface area contributed by atoms with Crippen molar-refractivity contribution in [3.8, 4) is 11.5 Å². The average molecular weight is 249 g/mol. The molecule has 98 valence electrons. The van der Waals surface area contributed by atoms with E-state index in [1.807, 2.05) is 18.2 Å². The predicted octanol–water partition coefficient (Wildman–Crippen LogP) is 1.87. The summed E-state index contributed by atoms with van der Waals surface area (Å²) >= 11 is 0. The van der Waals surface area contributed by atoms with Gasteiger partial charge < -0.3 is 9.47 Å². The highest BCUT2D eigenvalue weighted by Crippen LogP contribution is 2.25. The fourth-order valence-electron chi connectivity index (χ4n) is 2.29. The number of hydrogen-bond donors (Lipinski definition) is 0. The van der Waals surface area contributed by atoms with Crippen LogP contribution in [0.1, 0.15) is 18.4 Å². The van der Waals surface area contributed by atoms with Crippen LogP contribution in [0.25, 0.3) is 0 Å². The molecule has 0 atom stereocenters. The summed E-state index contributed by atoms with van der Waals surface area (Å²) in [6.45, 7) is 2.23. The number of benzene rings is 1. The lowest BCUT2D eigenvalue weighted by molar-refractivity contribution is -0.122. The molecule has 0 spiro atoms. The van der Waals surface area contributed by atoms with Gasteiger partial charge in [0.15, 0.2) is 0 Å². The molecule has 0 aromatic heterocycles. The van der Waals surface area contributed by atoms with Gasteiger partial charge in [0.05, 0.1) is 20.8 Å². The smallest absolute Gasteiger partial charge is 0.146 e. The summed E-state index contributed by atoms with van der Waals surface area (Å²) in [5, 5.41) is 0. The Labute approximate surface area is 107 Å². The van der Waals surface area contributed by atoms with Crippen molar-refractivity contribution in [2.24, 2.45) is 0 Å². The lowest BCUT2D eigenvalue weighted by Crippen LogP contribution is -2.35. The summed E-state index contributed by atoms with van der Waals surface area (Å²) in [6, 6.07) is 5.75. The molecular formula is C14H19NO3. The van der Waals surface area contributed by atoms with Crippen LogP contribution in [0.15, 0.2) is 18.2 Å². The molecule has 1 saturated heterocycles. The van der Waals surface area contributed by atoms with Crippen molar-refractivity contribution >= 4 is 5.78 Å². The first-order chi connectivity index (χ1) is 8.72. The van der Waals surface area contributed by atoms with E-state index >= 15 is 0 Å². The number of rotatable bonds is 4. The highest BCUT2D eigenvalue weighted by atomic mass is 16.5. The Kier molecular flexibility index (Phi) is 4.20. The van der Waals surface area contributed by atoms with E-state index < -0.39 is 0 Å². The molecule has 0 N–H and O–H groups in total. The van der Waals surface area contributed by atoms with E-state index in [0.29, 0.717) is 18.7 Å². The molecule has 1 aliphatic heterocycles. The molecule has 4 nitrogen and oxygen atoms in total. The van der Waals surface area contributed by atoms with Gasteiger partial charge in [0, 0.05) is 18.5 Å². The van der Waals surface area contributed by atoms with Crippen molar-refractivity contribution in [3.63, 3.8) is 0 Å². The molecule has 1 aliphatic rings. The SMILES string of the molecule is COc1ccc(OC)c(CN2CCCC(=O)C2)c1. The quantitative estimate of drug-likeness (QED) is 0.816. The minimum Gasteiger partial charge on any atom is -0.497 e. The molecule has 1 aromatic rings. The van der Waals surface area contributed by atoms with E-state index in [0.717, 1.165) is 36.6 Å². The number of methoxy groups -OCH3 is 2. The van der Waals surface area contributed by atoms with Crippen molar-refractivity contribution in [2.45, 2.75) is 19.4 Å². The van der Waals surface area contributed by atoms with Crippen LogP contribution in [0.3, 0.4) is 0 Å². The van der Waals surface area contributed by atoms with Gasteiger partial charge in [0.2, 0.25) is 0 Å². The fourth-order valence-corrected chi connectivity index (χ4v) is 2.29. The number of hydrogen-bond acceptors (Lipinski definition) is 4. The third-order valence-corrected chi connectivity index (χ3v) is 3.21. The van der Waals surface area contributed by atoms with Crippen molar-refractivity contribution in [3.05, 3.63) is 23.8 Å². The third-order valence-electron chi connectivity index (χ3n) is 3.21. The Hall–Kier alpha value is -1.55. The Morgan fingerprint density at radius 2 is 2.11 bits per heavy atom. The molecule has 0 amide bonds. The molecule has 1 fully saturated rings. The third kappa shape index (κ3) is 3.01. The lowest BCUT2D eigenvalue weighted by Gasteiger charge is -2.26. The molecular weight excluding hydrogens is 230 g/mol. The largest absolute Gasteiger partial charge is 0.497 e. The second-order valence-corrected chi connectivity index (χ2v) is 4.53. The first-order valence-electron chi connectivity index (χ1n) is 6.18. The van der Waals surface area contributed by atoms with Crippen LogP contribution >= 0.6 is 0 Å². The second-order valence-electron chi connectivity index (χ2n) is 4.53. The number of nitrogens with zero attached hydrogens (tertiary/aromatic N) is 1. The Balaban J connectivity index is 2.13. The first kappa shape index (κ1) is 12.9. The number of likely N-dealkylation sites (tertiary alicyclic amines) is 1. The predicted molar refractivity (Wildman–Crippen MR) is 69.1 cm³/mol. The van der Waals surface area contributed by atoms with E-state index in [9.17, 15) is 4.79 Å². The van der Waals surface area contributed by atoms with Gasteiger partial charge in [0.1, 0.15) is 17.3 Å². The number of Topliss-reactive ketones (excluding diaryl/α,β-unsaturated/α-hetero) is 1. The van der Waals surface area contributed by atoms with Crippen LogP contribution in [0, 0.1) is 0 Å². The number of carbonyl (C=O) groups is 1. The number of ether oxygens (including phenoxy) is 2. The van der Waals surface area contributed by atoms with Gasteiger partial charge in [-0.1, -0.05) is 0 Å². The monoisotopic (exact) mass is 249 g/mol. The van der Waals surface area contributed by atoms with Gasteiger partial charge in [-0.25, -0.2) is 0 Å². The average Bonchev–Trinajstić information content (AvgIpc) is 2.38. The van der Waals surface area contributed by atoms with E-state index in [1.54, 1.807) is 14.2 Å². The second kappa shape index (κ2) is 5.87. The van der Waals surface area contributed by atoms with Crippen LogP contribution in [0.4, 0.5) is 0 Å². The van der Waals surface area contributed by atoms with E-state index in [-0.39, 0.29) is 0 Å². The highest BCUT2D eigenvalue weighted by molar-refractivity contribution is 5.81. The van der Waals surface area contributed by atoms with Crippen molar-refractivity contribution in [1.29, 1.82) is 0 Å².